The van der Waals surface area contributed by atoms with Gasteiger partial charge in [0.05, 0.1) is 0 Å². The molecule has 140 valence electrons. The van der Waals surface area contributed by atoms with Gasteiger partial charge in [-0.3, -0.25) is 9.69 Å². The number of amides is 1. The highest BCUT2D eigenvalue weighted by molar-refractivity contribution is 5.94. The van der Waals surface area contributed by atoms with Crippen LogP contribution in [0.5, 0.6) is 5.75 Å². The Balaban J connectivity index is 1.95. The van der Waals surface area contributed by atoms with Crippen molar-refractivity contribution in [3.8, 4) is 5.75 Å². The standard InChI is InChI=1S/C21H27FN2O2/c1-4-20(26-19-13-9-17(22)10-14-19)21(25)23-18-11-7-16(8-12-18)15-24(5-2)6-3/h7-14,20H,4-6,15H2,1-3H3,(H,23,25)/t20-/m0/s1. The Morgan fingerprint density at radius 3 is 2.19 bits per heavy atom. The van der Waals surface area contributed by atoms with E-state index in [9.17, 15) is 9.18 Å². The van der Waals surface area contributed by atoms with Crippen LogP contribution in [-0.4, -0.2) is 30.0 Å². The van der Waals surface area contributed by atoms with Crippen molar-refractivity contribution < 1.29 is 13.9 Å². The molecule has 0 saturated heterocycles. The second-order valence-corrected chi connectivity index (χ2v) is 6.12. The summed E-state index contributed by atoms with van der Waals surface area (Å²) in [6.45, 7) is 9.07. The first-order chi connectivity index (χ1) is 12.5. The van der Waals surface area contributed by atoms with Gasteiger partial charge in [0.15, 0.2) is 6.10 Å². The van der Waals surface area contributed by atoms with E-state index in [1.165, 1.54) is 29.8 Å². The SMILES string of the molecule is CC[C@H](Oc1ccc(F)cc1)C(=O)Nc1ccc(CN(CC)CC)cc1. The molecule has 0 unspecified atom stereocenters. The van der Waals surface area contributed by atoms with Gasteiger partial charge in [0.25, 0.3) is 5.91 Å². The maximum atomic E-state index is 13.0. The molecule has 0 bridgehead atoms. The monoisotopic (exact) mass is 358 g/mol. The molecule has 1 amide bonds. The summed E-state index contributed by atoms with van der Waals surface area (Å²) in [6, 6.07) is 13.5. The Morgan fingerprint density at radius 1 is 1.04 bits per heavy atom. The second-order valence-electron chi connectivity index (χ2n) is 6.12. The van der Waals surface area contributed by atoms with E-state index in [2.05, 4.69) is 24.1 Å². The van der Waals surface area contributed by atoms with Crippen LogP contribution < -0.4 is 10.1 Å². The summed E-state index contributed by atoms with van der Waals surface area (Å²) >= 11 is 0. The normalized spacial score (nSPS) is 12.0. The minimum absolute atomic E-state index is 0.215. The van der Waals surface area contributed by atoms with Gasteiger partial charge in [0.1, 0.15) is 11.6 Å². The van der Waals surface area contributed by atoms with Crippen LogP contribution in [0.15, 0.2) is 48.5 Å². The van der Waals surface area contributed by atoms with Crippen molar-refractivity contribution in [3.05, 3.63) is 59.9 Å². The molecule has 2 aromatic carbocycles. The number of hydrogen-bond acceptors (Lipinski definition) is 3. The van der Waals surface area contributed by atoms with Crippen LogP contribution in [0.3, 0.4) is 0 Å². The van der Waals surface area contributed by atoms with Crippen LogP contribution >= 0.6 is 0 Å². The number of carbonyl (C=O) groups is 1. The molecule has 0 heterocycles. The van der Waals surface area contributed by atoms with Crippen molar-refractivity contribution in [2.75, 3.05) is 18.4 Å². The van der Waals surface area contributed by atoms with E-state index in [1.807, 2.05) is 31.2 Å². The highest BCUT2D eigenvalue weighted by Crippen LogP contribution is 2.17. The van der Waals surface area contributed by atoms with Gasteiger partial charge in [0.2, 0.25) is 0 Å². The second kappa shape index (κ2) is 9.92. The number of hydrogen-bond donors (Lipinski definition) is 1. The molecule has 2 rings (SSSR count). The van der Waals surface area contributed by atoms with Crippen LogP contribution in [0.25, 0.3) is 0 Å². The molecule has 0 saturated carbocycles. The van der Waals surface area contributed by atoms with Crippen molar-refractivity contribution in [2.24, 2.45) is 0 Å². The number of rotatable bonds is 9. The van der Waals surface area contributed by atoms with E-state index in [4.69, 9.17) is 4.74 Å². The molecule has 0 aliphatic rings. The summed E-state index contributed by atoms with van der Waals surface area (Å²) in [5, 5.41) is 2.88. The Bertz CT molecular complexity index is 682. The fourth-order valence-corrected chi connectivity index (χ4v) is 2.62. The number of anilines is 1. The van der Waals surface area contributed by atoms with Crippen molar-refractivity contribution >= 4 is 11.6 Å². The van der Waals surface area contributed by atoms with Gasteiger partial charge in [-0.1, -0.05) is 32.9 Å². The van der Waals surface area contributed by atoms with E-state index in [-0.39, 0.29) is 11.7 Å². The Hall–Kier alpha value is -2.40. The summed E-state index contributed by atoms with van der Waals surface area (Å²) in [4.78, 5) is 14.8. The lowest BCUT2D eigenvalue weighted by atomic mass is 10.2. The third-order valence-corrected chi connectivity index (χ3v) is 4.28. The largest absolute Gasteiger partial charge is 0.481 e. The number of carbonyl (C=O) groups excluding carboxylic acids is 1. The van der Waals surface area contributed by atoms with Gasteiger partial charge >= 0.3 is 0 Å². The lowest BCUT2D eigenvalue weighted by molar-refractivity contribution is -0.122. The quantitative estimate of drug-likeness (QED) is 0.719. The Morgan fingerprint density at radius 2 is 1.65 bits per heavy atom. The molecule has 0 spiro atoms. The van der Waals surface area contributed by atoms with Gasteiger partial charge in [-0.25, -0.2) is 4.39 Å². The lowest BCUT2D eigenvalue weighted by Gasteiger charge is -2.19. The third-order valence-electron chi connectivity index (χ3n) is 4.28. The predicted molar refractivity (Wildman–Crippen MR) is 103 cm³/mol. The van der Waals surface area contributed by atoms with Gasteiger partial charge in [-0.05, 0) is 61.5 Å². The first kappa shape index (κ1) is 19.9. The first-order valence-electron chi connectivity index (χ1n) is 9.10. The minimum atomic E-state index is -0.629. The van der Waals surface area contributed by atoms with E-state index in [1.54, 1.807) is 0 Å². The fraction of sp³-hybridized carbons (Fsp3) is 0.381. The van der Waals surface area contributed by atoms with Gasteiger partial charge in [-0.2, -0.15) is 0 Å². The molecule has 1 atom stereocenters. The summed E-state index contributed by atoms with van der Waals surface area (Å²) < 4.78 is 18.6. The van der Waals surface area contributed by atoms with Crippen molar-refractivity contribution in [3.63, 3.8) is 0 Å². The zero-order chi connectivity index (χ0) is 18.9. The van der Waals surface area contributed by atoms with E-state index < -0.39 is 6.10 Å². The van der Waals surface area contributed by atoms with Crippen LogP contribution in [0.4, 0.5) is 10.1 Å². The molecule has 5 heteroatoms. The maximum absolute atomic E-state index is 13.0. The minimum Gasteiger partial charge on any atom is -0.481 e. The van der Waals surface area contributed by atoms with E-state index in [0.717, 1.165) is 25.3 Å². The smallest absolute Gasteiger partial charge is 0.265 e. The molecule has 0 aliphatic carbocycles. The summed E-state index contributed by atoms with van der Waals surface area (Å²) in [5.41, 5.74) is 1.95. The van der Waals surface area contributed by atoms with Crippen molar-refractivity contribution in [1.82, 2.24) is 4.90 Å². The number of halogens is 1. The molecule has 0 aromatic heterocycles. The molecule has 0 fully saturated rings. The van der Waals surface area contributed by atoms with Gasteiger partial charge in [-0.15, -0.1) is 0 Å². The summed E-state index contributed by atoms with van der Waals surface area (Å²) in [7, 11) is 0. The highest BCUT2D eigenvalue weighted by Gasteiger charge is 2.18. The zero-order valence-electron chi connectivity index (χ0n) is 15.7. The number of ether oxygens (including phenoxy) is 1. The number of nitrogens with zero attached hydrogens (tertiary/aromatic N) is 1. The zero-order valence-corrected chi connectivity index (χ0v) is 15.7. The summed E-state index contributed by atoms with van der Waals surface area (Å²) in [6.07, 6.45) is -0.112. The van der Waals surface area contributed by atoms with Crippen LogP contribution in [0.2, 0.25) is 0 Å². The number of benzene rings is 2. The van der Waals surface area contributed by atoms with Gasteiger partial charge < -0.3 is 10.1 Å². The highest BCUT2D eigenvalue weighted by atomic mass is 19.1. The Kier molecular flexibility index (Phi) is 7.60. The fourth-order valence-electron chi connectivity index (χ4n) is 2.62. The van der Waals surface area contributed by atoms with Crippen LogP contribution in [-0.2, 0) is 11.3 Å². The Labute approximate surface area is 155 Å². The average Bonchev–Trinajstić information content (AvgIpc) is 2.66. The molecule has 4 nitrogen and oxygen atoms in total. The van der Waals surface area contributed by atoms with Crippen LogP contribution in [0, 0.1) is 5.82 Å². The van der Waals surface area contributed by atoms with E-state index in [0.29, 0.717) is 12.2 Å². The van der Waals surface area contributed by atoms with Crippen molar-refractivity contribution in [1.29, 1.82) is 0 Å². The molecular weight excluding hydrogens is 331 g/mol. The van der Waals surface area contributed by atoms with Crippen LogP contribution in [0.1, 0.15) is 32.8 Å². The van der Waals surface area contributed by atoms with E-state index >= 15 is 0 Å². The molecular formula is C21H27FN2O2. The topological polar surface area (TPSA) is 41.6 Å². The average molecular weight is 358 g/mol. The van der Waals surface area contributed by atoms with Crippen molar-refractivity contribution in [2.45, 2.75) is 39.8 Å². The molecule has 1 N–H and O–H groups in total. The predicted octanol–water partition coefficient (Wildman–Crippen LogP) is 4.46. The molecule has 26 heavy (non-hydrogen) atoms. The molecule has 0 radical (unpaired) electrons. The number of nitrogens with one attached hydrogen (secondary N) is 1. The molecule has 2 aromatic rings. The first-order valence-corrected chi connectivity index (χ1v) is 9.10. The third kappa shape index (κ3) is 5.85. The summed E-state index contributed by atoms with van der Waals surface area (Å²) in [5.74, 6) is -0.0732. The van der Waals surface area contributed by atoms with Gasteiger partial charge in [0, 0.05) is 12.2 Å². The molecule has 0 aliphatic heterocycles. The lowest BCUT2D eigenvalue weighted by Crippen LogP contribution is -2.32. The maximum Gasteiger partial charge on any atom is 0.265 e.